The average molecular weight is 332 g/mol. The standard InChI is InChI=1S/C22H24N2O/c1-17-7-6-10-22(18(17)2)24-16-15-23-19-11-13-21(14-12-19)25-20-8-4-3-5-9-20/h3-14,23-24H,15-16H2,1-2H3. The molecule has 0 aromatic heterocycles. The largest absolute Gasteiger partial charge is 0.457 e. The second-order valence-corrected chi connectivity index (χ2v) is 6.04. The predicted octanol–water partition coefficient (Wildman–Crippen LogP) is 5.62. The van der Waals surface area contributed by atoms with Crippen molar-refractivity contribution in [1.29, 1.82) is 0 Å². The van der Waals surface area contributed by atoms with Crippen molar-refractivity contribution in [2.75, 3.05) is 23.7 Å². The Morgan fingerprint density at radius 1 is 0.680 bits per heavy atom. The smallest absolute Gasteiger partial charge is 0.127 e. The molecule has 0 amide bonds. The van der Waals surface area contributed by atoms with E-state index in [2.05, 4.69) is 42.7 Å². The summed E-state index contributed by atoms with van der Waals surface area (Å²) in [4.78, 5) is 0. The van der Waals surface area contributed by atoms with Crippen LogP contribution >= 0.6 is 0 Å². The van der Waals surface area contributed by atoms with Gasteiger partial charge < -0.3 is 15.4 Å². The maximum atomic E-state index is 5.80. The van der Waals surface area contributed by atoms with Crippen LogP contribution in [0.5, 0.6) is 11.5 Å². The molecule has 3 aromatic carbocycles. The van der Waals surface area contributed by atoms with Gasteiger partial charge >= 0.3 is 0 Å². The molecule has 3 heteroatoms. The second kappa shape index (κ2) is 8.25. The summed E-state index contributed by atoms with van der Waals surface area (Å²) in [5, 5.41) is 6.90. The van der Waals surface area contributed by atoms with Gasteiger partial charge in [0.25, 0.3) is 0 Å². The van der Waals surface area contributed by atoms with Gasteiger partial charge in [0.05, 0.1) is 0 Å². The molecule has 3 nitrogen and oxygen atoms in total. The Labute approximate surface area is 149 Å². The van der Waals surface area contributed by atoms with Crippen molar-refractivity contribution in [3.8, 4) is 11.5 Å². The minimum absolute atomic E-state index is 0.838. The summed E-state index contributed by atoms with van der Waals surface area (Å²) in [6.45, 7) is 6.01. The first-order chi connectivity index (χ1) is 12.2. The van der Waals surface area contributed by atoms with Crippen LogP contribution in [0.1, 0.15) is 11.1 Å². The fourth-order valence-corrected chi connectivity index (χ4v) is 2.61. The topological polar surface area (TPSA) is 33.3 Å². The summed E-state index contributed by atoms with van der Waals surface area (Å²) in [6, 6.07) is 24.2. The molecule has 0 aliphatic heterocycles. The fourth-order valence-electron chi connectivity index (χ4n) is 2.61. The van der Waals surface area contributed by atoms with Crippen LogP contribution in [0.4, 0.5) is 11.4 Å². The average Bonchev–Trinajstić information content (AvgIpc) is 2.64. The first-order valence-corrected chi connectivity index (χ1v) is 8.59. The molecule has 128 valence electrons. The molecule has 0 fully saturated rings. The fraction of sp³-hybridized carbons (Fsp3) is 0.182. The Morgan fingerprint density at radius 3 is 2.12 bits per heavy atom. The second-order valence-electron chi connectivity index (χ2n) is 6.04. The quantitative estimate of drug-likeness (QED) is 0.551. The van der Waals surface area contributed by atoms with Crippen LogP contribution in [-0.2, 0) is 0 Å². The first-order valence-electron chi connectivity index (χ1n) is 8.59. The normalized spacial score (nSPS) is 10.3. The van der Waals surface area contributed by atoms with Crippen LogP contribution in [0.25, 0.3) is 0 Å². The van der Waals surface area contributed by atoms with Gasteiger partial charge in [0, 0.05) is 24.5 Å². The number of benzene rings is 3. The minimum Gasteiger partial charge on any atom is -0.457 e. The van der Waals surface area contributed by atoms with E-state index >= 15 is 0 Å². The zero-order valence-corrected chi connectivity index (χ0v) is 14.8. The highest BCUT2D eigenvalue weighted by atomic mass is 16.5. The van der Waals surface area contributed by atoms with Gasteiger partial charge in [-0.1, -0.05) is 30.3 Å². The van der Waals surface area contributed by atoms with Crippen molar-refractivity contribution in [3.05, 3.63) is 83.9 Å². The predicted molar refractivity (Wildman–Crippen MR) is 106 cm³/mol. The van der Waals surface area contributed by atoms with Crippen molar-refractivity contribution < 1.29 is 4.74 Å². The van der Waals surface area contributed by atoms with Crippen LogP contribution in [0.15, 0.2) is 72.8 Å². The maximum absolute atomic E-state index is 5.80. The minimum atomic E-state index is 0.838. The molecule has 0 aliphatic rings. The van der Waals surface area contributed by atoms with Crippen molar-refractivity contribution in [2.45, 2.75) is 13.8 Å². The third-order valence-corrected chi connectivity index (χ3v) is 4.21. The number of hydrogen-bond donors (Lipinski definition) is 2. The Kier molecular flexibility index (Phi) is 5.57. The summed E-state index contributed by atoms with van der Waals surface area (Å²) in [5.41, 5.74) is 4.91. The summed E-state index contributed by atoms with van der Waals surface area (Å²) >= 11 is 0. The molecule has 0 heterocycles. The van der Waals surface area contributed by atoms with E-state index < -0.39 is 0 Å². The summed E-state index contributed by atoms with van der Waals surface area (Å²) in [6.07, 6.45) is 0. The van der Waals surface area contributed by atoms with E-state index in [9.17, 15) is 0 Å². The molecule has 0 unspecified atom stereocenters. The zero-order chi connectivity index (χ0) is 17.5. The molecule has 2 N–H and O–H groups in total. The SMILES string of the molecule is Cc1cccc(NCCNc2ccc(Oc3ccccc3)cc2)c1C. The third-order valence-electron chi connectivity index (χ3n) is 4.21. The molecule has 0 radical (unpaired) electrons. The Morgan fingerprint density at radius 2 is 1.36 bits per heavy atom. The Balaban J connectivity index is 1.46. The molecule has 3 rings (SSSR count). The summed E-state index contributed by atoms with van der Waals surface area (Å²) in [5.74, 6) is 1.69. The van der Waals surface area contributed by atoms with E-state index in [1.54, 1.807) is 0 Å². The van der Waals surface area contributed by atoms with Gasteiger partial charge in [-0.2, -0.15) is 0 Å². The number of anilines is 2. The van der Waals surface area contributed by atoms with Crippen LogP contribution in [0.2, 0.25) is 0 Å². The molecule has 0 bridgehead atoms. The van der Waals surface area contributed by atoms with Crippen LogP contribution in [-0.4, -0.2) is 13.1 Å². The van der Waals surface area contributed by atoms with Crippen LogP contribution in [0, 0.1) is 13.8 Å². The van der Waals surface area contributed by atoms with Crippen molar-refractivity contribution in [1.82, 2.24) is 0 Å². The number of aryl methyl sites for hydroxylation is 1. The third kappa shape index (κ3) is 4.77. The van der Waals surface area contributed by atoms with E-state index in [1.807, 2.05) is 54.6 Å². The van der Waals surface area contributed by atoms with E-state index in [-0.39, 0.29) is 0 Å². The highest BCUT2D eigenvalue weighted by molar-refractivity contribution is 5.54. The summed E-state index contributed by atoms with van der Waals surface area (Å²) < 4.78 is 5.80. The molecule has 0 aliphatic carbocycles. The van der Waals surface area contributed by atoms with E-state index in [0.29, 0.717) is 0 Å². The highest BCUT2D eigenvalue weighted by Gasteiger charge is 2.00. The van der Waals surface area contributed by atoms with Gasteiger partial charge in [0.15, 0.2) is 0 Å². The first kappa shape index (κ1) is 16.9. The lowest BCUT2D eigenvalue weighted by Gasteiger charge is -2.13. The van der Waals surface area contributed by atoms with Crippen molar-refractivity contribution in [2.24, 2.45) is 0 Å². The number of hydrogen-bond acceptors (Lipinski definition) is 3. The molecular formula is C22H24N2O. The lowest BCUT2D eigenvalue weighted by Crippen LogP contribution is -2.14. The van der Waals surface area contributed by atoms with Crippen molar-refractivity contribution in [3.63, 3.8) is 0 Å². The van der Waals surface area contributed by atoms with Crippen LogP contribution in [0.3, 0.4) is 0 Å². The Hall–Kier alpha value is -2.94. The lowest BCUT2D eigenvalue weighted by molar-refractivity contribution is 0.483. The van der Waals surface area contributed by atoms with Gasteiger partial charge in [-0.05, 0) is 67.4 Å². The zero-order valence-electron chi connectivity index (χ0n) is 14.8. The van der Waals surface area contributed by atoms with Gasteiger partial charge in [-0.15, -0.1) is 0 Å². The molecule has 0 spiro atoms. The van der Waals surface area contributed by atoms with Gasteiger partial charge in [-0.3, -0.25) is 0 Å². The van der Waals surface area contributed by atoms with Crippen LogP contribution < -0.4 is 15.4 Å². The maximum Gasteiger partial charge on any atom is 0.127 e. The lowest BCUT2D eigenvalue weighted by atomic mass is 10.1. The number of rotatable bonds is 7. The number of ether oxygens (including phenoxy) is 1. The molecule has 3 aromatic rings. The molecule has 25 heavy (non-hydrogen) atoms. The highest BCUT2D eigenvalue weighted by Crippen LogP contribution is 2.22. The van der Waals surface area contributed by atoms with E-state index in [0.717, 1.165) is 30.3 Å². The van der Waals surface area contributed by atoms with Crippen molar-refractivity contribution >= 4 is 11.4 Å². The summed E-state index contributed by atoms with van der Waals surface area (Å²) in [7, 11) is 0. The Bertz CT molecular complexity index is 798. The van der Waals surface area contributed by atoms with E-state index in [1.165, 1.54) is 16.8 Å². The van der Waals surface area contributed by atoms with Gasteiger partial charge in [0.2, 0.25) is 0 Å². The van der Waals surface area contributed by atoms with E-state index in [4.69, 9.17) is 4.74 Å². The molecule has 0 saturated carbocycles. The monoisotopic (exact) mass is 332 g/mol. The number of nitrogens with one attached hydrogen (secondary N) is 2. The number of para-hydroxylation sites is 1. The molecule has 0 atom stereocenters. The molecular weight excluding hydrogens is 308 g/mol. The molecule has 0 saturated heterocycles. The van der Waals surface area contributed by atoms with Gasteiger partial charge in [-0.25, -0.2) is 0 Å². The van der Waals surface area contributed by atoms with Gasteiger partial charge in [0.1, 0.15) is 11.5 Å².